The van der Waals surface area contributed by atoms with Gasteiger partial charge in [0.05, 0.1) is 0 Å². The van der Waals surface area contributed by atoms with Crippen molar-refractivity contribution < 1.29 is 22.7 Å². The lowest BCUT2D eigenvalue weighted by molar-refractivity contribution is -0.274. The second kappa shape index (κ2) is 8.51. The molecule has 2 N–H and O–H groups in total. The van der Waals surface area contributed by atoms with Gasteiger partial charge >= 0.3 is 6.36 Å². The van der Waals surface area contributed by atoms with E-state index in [2.05, 4.69) is 20.4 Å². The fourth-order valence-electron chi connectivity index (χ4n) is 3.69. The fourth-order valence-corrected chi connectivity index (χ4v) is 3.69. The number of guanidine groups is 1. The summed E-state index contributed by atoms with van der Waals surface area (Å²) in [4.78, 5) is 18.2. The van der Waals surface area contributed by atoms with Gasteiger partial charge in [-0.25, -0.2) is 0 Å². The first-order valence-corrected chi connectivity index (χ1v) is 9.81. The smallest absolute Gasteiger partial charge is 0.405 e. The van der Waals surface area contributed by atoms with Crippen LogP contribution in [0.1, 0.15) is 38.2 Å². The molecule has 3 unspecified atom stereocenters. The maximum atomic E-state index is 12.6. The summed E-state index contributed by atoms with van der Waals surface area (Å²) in [5.41, 5.74) is 0.535. The second-order valence-electron chi connectivity index (χ2n) is 7.82. The zero-order valence-corrected chi connectivity index (χ0v) is 16.8. The maximum Gasteiger partial charge on any atom is 0.573 e. The van der Waals surface area contributed by atoms with Gasteiger partial charge in [-0.05, 0) is 24.5 Å². The minimum Gasteiger partial charge on any atom is -0.405 e. The van der Waals surface area contributed by atoms with Crippen molar-refractivity contribution in [2.75, 3.05) is 20.1 Å². The van der Waals surface area contributed by atoms with E-state index in [-0.39, 0.29) is 35.6 Å². The van der Waals surface area contributed by atoms with Crippen molar-refractivity contribution in [3.63, 3.8) is 0 Å². The Morgan fingerprint density at radius 3 is 2.66 bits per heavy atom. The number of aliphatic imine (C=N–C) groups is 1. The summed E-state index contributed by atoms with van der Waals surface area (Å²) in [6.45, 7) is 5.10. The molecule has 6 nitrogen and oxygen atoms in total. The van der Waals surface area contributed by atoms with Crippen LogP contribution >= 0.6 is 0 Å². The van der Waals surface area contributed by atoms with Crippen LogP contribution in [0.2, 0.25) is 0 Å². The summed E-state index contributed by atoms with van der Waals surface area (Å²) in [7, 11) is 1.65. The number of amides is 1. The van der Waals surface area contributed by atoms with E-state index in [0.717, 1.165) is 6.42 Å². The quantitative estimate of drug-likeness (QED) is 0.577. The zero-order valence-electron chi connectivity index (χ0n) is 16.8. The van der Waals surface area contributed by atoms with Gasteiger partial charge < -0.3 is 20.3 Å². The third kappa shape index (κ3) is 5.55. The number of hydrogen-bond donors (Lipinski definition) is 2. The third-order valence-electron chi connectivity index (χ3n) is 5.21. The van der Waals surface area contributed by atoms with Crippen LogP contribution in [0.4, 0.5) is 13.2 Å². The number of benzene rings is 1. The normalized spacial score (nSPS) is 24.6. The highest BCUT2D eigenvalue weighted by molar-refractivity contribution is 5.81. The molecule has 1 aliphatic carbocycles. The number of halogens is 3. The van der Waals surface area contributed by atoms with Gasteiger partial charge in [-0.15, -0.1) is 13.2 Å². The number of alkyl halides is 3. The SMILES string of the molecule is CN=C(NC1CCN(C(=O)C(C)C)C1)NC1CC1c1ccccc1OC(F)(F)F. The Kier molecular flexibility index (Phi) is 6.24. The summed E-state index contributed by atoms with van der Waals surface area (Å²) in [6.07, 6.45) is -3.19. The average Bonchev–Trinajstić information content (AvgIpc) is 3.25. The lowest BCUT2D eigenvalue weighted by Crippen LogP contribution is -2.46. The molecule has 2 aliphatic rings. The van der Waals surface area contributed by atoms with E-state index in [1.54, 1.807) is 19.2 Å². The Balaban J connectivity index is 1.55. The third-order valence-corrected chi connectivity index (χ3v) is 5.21. The van der Waals surface area contributed by atoms with Gasteiger partial charge in [-0.2, -0.15) is 0 Å². The van der Waals surface area contributed by atoms with Crippen LogP contribution in [0, 0.1) is 5.92 Å². The van der Waals surface area contributed by atoms with Crippen LogP contribution < -0.4 is 15.4 Å². The van der Waals surface area contributed by atoms with Gasteiger partial charge in [0.2, 0.25) is 5.91 Å². The van der Waals surface area contributed by atoms with Gasteiger partial charge in [-0.3, -0.25) is 9.79 Å². The molecule has 29 heavy (non-hydrogen) atoms. The first-order valence-electron chi connectivity index (χ1n) is 9.81. The number of rotatable bonds is 5. The minimum absolute atomic E-state index is 0.0195. The molecule has 0 bridgehead atoms. The molecule has 1 saturated carbocycles. The number of ether oxygens (including phenoxy) is 1. The fraction of sp³-hybridized carbons (Fsp3) is 0.600. The molecule has 0 radical (unpaired) electrons. The number of nitrogens with one attached hydrogen (secondary N) is 2. The van der Waals surface area contributed by atoms with Crippen molar-refractivity contribution >= 4 is 11.9 Å². The van der Waals surface area contributed by atoms with E-state index in [1.807, 2.05) is 18.7 Å². The van der Waals surface area contributed by atoms with E-state index in [9.17, 15) is 18.0 Å². The number of nitrogens with zero attached hydrogens (tertiary/aromatic N) is 2. The van der Waals surface area contributed by atoms with E-state index >= 15 is 0 Å². The van der Waals surface area contributed by atoms with Crippen LogP contribution in [-0.2, 0) is 4.79 Å². The van der Waals surface area contributed by atoms with Gasteiger partial charge in [0.1, 0.15) is 5.75 Å². The summed E-state index contributed by atoms with van der Waals surface area (Å²) in [6, 6.07) is 6.32. The predicted octanol–water partition coefficient (Wildman–Crippen LogP) is 2.86. The van der Waals surface area contributed by atoms with Crippen molar-refractivity contribution in [3.8, 4) is 5.75 Å². The van der Waals surface area contributed by atoms with Crippen molar-refractivity contribution in [2.24, 2.45) is 10.9 Å². The van der Waals surface area contributed by atoms with Crippen LogP contribution in [-0.4, -0.2) is 55.3 Å². The Bertz CT molecular complexity index is 766. The van der Waals surface area contributed by atoms with Crippen LogP contribution in [0.15, 0.2) is 29.3 Å². The number of likely N-dealkylation sites (tertiary alicyclic amines) is 1. The average molecular weight is 412 g/mol. The number of carbonyl (C=O) groups is 1. The molecule has 0 aromatic heterocycles. The van der Waals surface area contributed by atoms with Gasteiger partial charge in [0, 0.05) is 44.1 Å². The molecule has 1 amide bonds. The summed E-state index contributed by atoms with van der Waals surface area (Å²) in [5.74, 6) is 0.472. The maximum absolute atomic E-state index is 12.6. The molecule has 0 spiro atoms. The Morgan fingerprint density at radius 2 is 2.00 bits per heavy atom. The second-order valence-corrected chi connectivity index (χ2v) is 7.82. The molecule has 9 heteroatoms. The standard InChI is InChI=1S/C20H27F3N4O2/c1-12(2)18(28)27-9-8-13(11-27)25-19(24-3)26-16-10-15(16)14-6-4-5-7-17(14)29-20(21,22)23/h4-7,12-13,15-16H,8-11H2,1-3H3,(H2,24,25,26). The lowest BCUT2D eigenvalue weighted by atomic mass is 10.1. The first-order chi connectivity index (χ1) is 13.7. The Morgan fingerprint density at radius 1 is 1.28 bits per heavy atom. The monoisotopic (exact) mass is 412 g/mol. The van der Waals surface area contributed by atoms with Crippen LogP contribution in [0.5, 0.6) is 5.75 Å². The van der Waals surface area contributed by atoms with Crippen molar-refractivity contribution in [1.29, 1.82) is 0 Å². The first kappa shape index (κ1) is 21.3. The highest BCUT2D eigenvalue weighted by atomic mass is 19.4. The van der Waals surface area contributed by atoms with Gasteiger partial charge in [-0.1, -0.05) is 32.0 Å². The molecule has 2 fully saturated rings. The van der Waals surface area contributed by atoms with E-state index in [0.29, 0.717) is 31.0 Å². The van der Waals surface area contributed by atoms with Crippen molar-refractivity contribution in [2.45, 2.75) is 51.1 Å². The van der Waals surface area contributed by atoms with Gasteiger partial charge in [0.25, 0.3) is 0 Å². The predicted molar refractivity (Wildman–Crippen MR) is 104 cm³/mol. The molecule has 160 valence electrons. The number of para-hydroxylation sites is 1. The largest absolute Gasteiger partial charge is 0.573 e. The topological polar surface area (TPSA) is 66.0 Å². The highest BCUT2D eigenvalue weighted by Crippen LogP contribution is 2.45. The highest BCUT2D eigenvalue weighted by Gasteiger charge is 2.42. The molecule has 1 saturated heterocycles. The van der Waals surface area contributed by atoms with Crippen molar-refractivity contribution in [3.05, 3.63) is 29.8 Å². The van der Waals surface area contributed by atoms with E-state index < -0.39 is 6.36 Å². The lowest BCUT2D eigenvalue weighted by Gasteiger charge is -2.20. The van der Waals surface area contributed by atoms with Crippen molar-refractivity contribution in [1.82, 2.24) is 15.5 Å². The molecule has 1 heterocycles. The van der Waals surface area contributed by atoms with E-state index in [1.165, 1.54) is 12.1 Å². The molecule has 3 rings (SSSR count). The summed E-state index contributed by atoms with van der Waals surface area (Å²) >= 11 is 0. The van der Waals surface area contributed by atoms with Crippen LogP contribution in [0.3, 0.4) is 0 Å². The molecule has 1 aromatic carbocycles. The van der Waals surface area contributed by atoms with E-state index in [4.69, 9.17) is 0 Å². The molecular formula is C20H27F3N4O2. The Labute approximate surface area is 168 Å². The molecule has 1 aromatic rings. The zero-order chi connectivity index (χ0) is 21.2. The minimum atomic E-state index is -4.72. The van der Waals surface area contributed by atoms with Crippen LogP contribution in [0.25, 0.3) is 0 Å². The molecule has 3 atom stereocenters. The summed E-state index contributed by atoms with van der Waals surface area (Å²) < 4.78 is 42.1. The van der Waals surface area contributed by atoms with Gasteiger partial charge in [0.15, 0.2) is 5.96 Å². The summed E-state index contributed by atoms with van der Waals surface area (Å²) in [5, 5.41) is 6.59. The number of hydrogen-bond acceptors (Lipinski definition) is 3. The number of carbonyl (C=O) groups excluding carboxylic acids is 1. The Hall–Kier alpha value is -2.45. The molecular weight excluding hydrogens is 385 g/mol. The molecule has 1 aliphatic heterocycles.